The average molecular weight is 304 g/mol. The molecule has 0 amide bonds. The van der Waals surface area contributed by atoms with Crippen molar-refractivity contribution in [3.05, 3.63) is 16.3 Å². The third-order valence-electron chi connectivity index (χ3n) is 2.96. The van der Waals surface area contributed by atoms with Crippen LogP contribution in [0, 0.1) is 0 Å². The van der Waals surface area contributed by atoms with E-state index in [1.807, 2.05) is 20.8 Å². The Balaban J connectivity index is 2.74. The Bertz CT molecular complexity index is 492. The smallest absolute Gasteiger partial charge is 0.241 e. The second-order valence-electron chi connectivity index (χ2n) is 5.27. The Hall–Kier alpha value is -0.430. The van der Waals surface area contributed by atoms with E-state index in [0.717, 1.165) is 30.8 Å². The van der Waals surface area contributed by atoms with Gasteiger partial charge >= 0.3 is 0 Å². The van der Waals surface area contributed by atoms with Crippen LogP contribution in [0.25, 0.3) is 0 Å². The molecule has 0 spiro atoms. The number of sulfonamides is 1. The van der Waals surface area contributed by atoms with Crippen LogP contribution < -0.4 is 10.0 Å². The molecular weight excluding hydrogens is 280 g/mol. The number of nitrogens with one attached hydrogen (secondary N) is 2. The van der Waals surface area contributed by atoms with Crippen molar-refractivity contribution in [3.63, 3.8) is 0 Å². The lowest BCUT2D eigenvalue weighted by Gasteiger charge is -2.23. The Morgan fingerprint density at radius 2 is 2.00 bits per heavy atom. The molecule has 2 N–H and O–H groups in total. The second kappa shape index (κ2) is 6.83. The summed E-state index contributed by atoms with van der Waals surface area (Å²) in [5, 5.41) is 4.98. The maximum atomic E-state index is 12.2. The summed E-state index contributed by atoms with van der Waals surface area (Å²) in [7, 11) is -3.41. The molecule has 6 heteroatoms. The molecule has 1 rings (SSSR count). The molecule has 0 aliphatic carbocycles. The van der Waals surface area contributed by atoms with Gasteiger partial charge in [0.05, 0.1) is 4.90 Å². The van der Waals surface area contributed by atoms with Crippen molar-refractivity contribution in [2.24, 2.45) is 0 Å². The lowest BCUT2D eigenvalue weighted by Crippen LogP contribution is -2.42. The highest BCUT2D eigenvalue weighted by atomic mass is 32.2. The molecule has 4 nitrogen and oxygen atoms in total. The van der Waals surface area contributed by atoms with E-state index in [1.54, 1.807) is 11.4 Å². The van der Waals surface area contributed by atoms with Crippen LogP contribution in [0.5, 0.6) is 0 Å². The summed E-state index contributed by atoms with van der Waals surface area (Å²) >= 11 is 1.48. The highest BCUT2D eigenvalue weighted by Gasteiger charge is 2.25. The van der Waals surface area contributed by atoms with Gasteiger partial charge in [-0.15, -0.1) is 11.3 Å². The Morgan fingerprint density at radius 3 is 2.58 bits per heavy atom. The quantitative estimate of drug-likeness (QED) is 0.726. The first-order valence-electron chi connectivity index (χ1n) is 6.63. The fourth-order valence-electron chi connectivity index (χ4n) is 1.48. The molecule has 1 aromatic heterocycles. The van der Waals surface area contributed by atoms with E-state index in [1.165, 1.54) is 11.3 Å². The van der Waals surface area contributed by atoms with Gasteiger partial charge in [0.15, 0.2) is 0 Å². The SMILES string of the molecule is CCCNCc1cc(S(=O)(=O)NC(C)(C)CC)cs1. The summed E-state index contributed by atoms with van der Waals surface area (Å²) in [6.45, 7) is 9.53. The molecule has 0 aliphatic heterocycles. The van der Waals surface area contributed by atoms with Crippen LogP contribution in [-0.4, -0.2) is 20.5 Å². The third kappa shape index (κ3) is 5.22. The molecule has 0 bridgehead atoms. The van der Waals surface area contributed by atoms with Gasteiger partial charge in [0.1, 0.15) is 0 Å². The average Bonchev–Trinajstić information content (AvgIpc) is 2.78. The van der Waals surface area contributed by atoms with Crippen molar-refractivity contribution in [1.29, 1.82) is 0 Å². The van der Waals surface area contributed by atoms with Crippen LogP contribution in [0.2, 0.25) is 0 Å². The van der Waals surface area contributed by atoms with E-state index in [4.69, 9.17) is 0 Å². The molecule has 0 radical (unpaired) electrons. The summed E-state index contributed by atoms with van der Waals surface area (Å²) in [4.78, 5) is 1.41. The lowest BCUT2D eigenvalue weighted by molar-refractivity contribution is 0.439. The van der Waals surface area contributed by atoms with Crippen molar-refractivity contribution in [2.45, 2.75) is 57.5 Å². The third-order valence-corrected chi connectivity index (χ3v) is 5.72. The minimum Gasteiger partial charge on any atom is -0.312 e. The molecule has 0 aromatic carbocycles. The normalized spacial score (nSPS) is 12.8. The van der Waals surface area contributed by atoms with Crippen molar-refractivity contribution < 1.29 is 8.42 Å². The first kappa shape index (κ1) is 16.6. The monoisotopic (exact) mass is 304 g/mol. The van der Waals surface area contributed by atoms with Gasteiger partial charge in [-0.2, -0.15) is 0 Å². The number of hydrogen-bond donors (Lipinski definition) is 2. The molecule has 110 valence electrons. The minimum absolute atomic E-state index is 0.368. The molecule has 0 saturated heterocycles. The molecule has 0 fully saturated rings. The summed E-state index contributed by atoms with van der Waals surface area (Å²) in [6, 6.07) is 1.75. The van der Waals surface area contributed by atoms with E-state index in [0.29, 0.717) is 4.90 Å². The first-order valence-corrected chi connectivity index (χ1v) is 8.99. The van der Waals surface area contributed by atoms with Crippen molar-refractivity contribution in [1.82, 2.24) is 10.0 Å². The molecule has 0 aliphatic rings. The van der Waals surface area contributed by atoms with E-state index >= 15 is 0 Å². The highest BCUT2D eigenvalue weighted by Crippen LogP contribution is 2.21. The van der Waals surface area contributed by atoms with Crippen LogP contribution in [0.4, 0.5) is 0 Å². The Kier molecular flexibility index (Phi) is 5.98. The molecule has 19 heavy (non-hydrogen) atoms. The standard InChI is InChI=1S/C13H24N2O2S2/c1-5-7-14-9-11-8-12(10-18-11)19(16,17)15-13(3,4)6-2/h8,10,14-15H,5-7,9H2,1-4H3. The van der Waals surface area contributed by atoms with Gasteiger partial charge in [0.2, 0.25) is 10.0 Å². The summed E-state index contributed by atoms with van der Waals surface area (Å²) < 4.78 is 27.2. The molecule has 1 aromatic rings. The van der Waals surface area contributed by atoms with E-state index in [9.17, 15) is 8.42 Å². The summed E-state index contributed by atoms with van der Waals surface area (Å²) in [5.74, 6) is 0. The summed E-state index contributed by atoms with van der Waals surface area (Å²) in [6.07, 6.45) is 1.82. The van der Waals surface area contributed by atoms with Gasteiger partial charge in [-0.05, 0) is 39.3 Å². The Morgan fingerprint density at radius 1 is 1.32 bits per heavy atom. The highest BCUT2D eigenvalue weighted by molar-refractivity contribution is 7.89. The van der Waals surface area contributed by atoms with E-state index in [2.05, 4.69) is 17.0 Å². The number of rotatable bonds is 8. The maximum absolute atomic E-state index is 12.2. The lowest BCUT2D eigenvalue weighted by atomic mass is 10.0. The van der Waals surface area contributed by atoms with Crippen LogP contribution >= 0.6 is 11.3 Å². The van der Waals surface area contributed by atoms with Gasteiger partial charge in [-0.1, -0.05) is 13.8 Å². The topological polar surface area (TPSA) is 58.2 Å². The molecule has 0 atom stereocenters. The van der Waals surface area contributed by atoms with Gasteiger partial charge in [-0.25, -0.2) is 13.1 Å². The van der Waals surface area contributed by atoms with Crippen molar-refractivity contribution >= 4 is 21.4 Å². The second-order valence-corrected chi connectivity index (χ2v) is 7.95. The zero-order valence-corrected chi connectivity index (χ0v) is 13.7. The van der Waals surface area contributed by atoms with Crippen LogP contribution in [0.15, 0.2) is 16.3 Å². The number of thiophene rings is 1. The van der Waals surface area contributed by atoms with Crippen LogP contribution in [0.1, 0.15) is 45.4 Å². The van der Waals surface area contributed by atoms with Gasteiger partial charge < -0.3 is 5.32 Å². The van der Waals surface area contributed by atoms with Crippen molar-refractivity contribution in [2.75, 3.05) is 6.54 Å². The Labute approximate surface area is 120 Å². The van der Waals surface area contributed by atoms with Crippen molar-refractivity contribution in [3.8, 4) is 0 Å². The van der Waals surface area contributed by atoms with Crippen LogP contribution in [-0.2, 0) is 16.6 Å². The fraction of sp³-hybridized carbons (Fsp3) is 0.692. The zero-order chi connectivity index (χ0) is 14.5. The predicted octanol–water partition coefficient (Wildman–Crippen LogP) is 2.71. The van der Waals surface area contributed by atoms with E-state index < -0.39 is 15.6 Å². The summed E-state index contributed by atoms with van der Waals surface area (Å²) in [5.41, 5.74) is -0.415. The first-order chi connectivity index (χ1) is 8.80. The molecular formula is C13H24N2O2S2. The zero-order valence-electron chi connectivity index (χ0n) is 12.1. The van der Waals surface area contributed by atoms with Gasteiger partial charge in [0.25, 0.3) is 0 Å². The fourth-order valence-corrected chi connectivity index (χ4v) is 4.21. The molecule has 0 saturated carbocycles. The van der Waals surface area contributed by atoms with Gasteiger partial charge in [0, 0.05) is 22.3 Å². The van der Waals surface area contributed by atoms with Gasteiger partial charge in [-0.3, -0.25) is 0 Å². The minimum atomic E-state index is -3.41. The van der Waals surface area contributed by atoms with Crippen LogP contribution in [0.3, 0.4) is 0 Å². The largest absolute Gasteiger partial charge is 0.312 e. The molecule has 0 unspecified atom stereocenters. The maximum Gasteiger partial charge on any atom is 0.241 e. The van der Waals surface area contributed by atoms with E-state index in [-0.39, 0.29) is 0 Å². The number of hydrogen-bond acceptors (Lipinski definition) is 4. The molecule has 1 heterocycles. The predicted molar refractivity (Wildman–Crippen MR) is 81.0 cm³/mol.